The molecule has 0 bridgehead atoms. The van der Waals surface area contributed by atoms with Crippen molar-refractivity contribution < 1.29 is 47.3 Å². The van der Waals surface area contributed by atoms with Gasteiger partial charge in [0.05, 0.1) is 35.9 Å². The van der Waals surface area contributed by atoms with Gasteiger partial charge in [-0.3, -0.25) is 14.6 Å². The number of nitrogens with zero attached hydrogens (tertiary/aromatic N) is 4. The van der Waals surface area contributed by atoms with Gasteiger partial charge in [-0.15, -0.1) is 0 Å². The highest BCUT2D eigenvalue weighted by Gasteiger charge is 2.61. The second-order valence-electron chi connectivity index (χ2n) is 16.8. The number of carbonyl (C=O) groups excluding carboxylic acids is 4. The number of aryl methyl sites for hydroxylation is 1. The first-order valence-corrected chi connectivity index (χ1v) is 20.3. The number of esters is 1. The average Bonchev–Trinajstić information content (AvgIpc) is 3.77. The van der Waals surface area contributed by atoms with Gasteiger partial charge in [0, 0.05) is 74.6 Å². The van der Waals surface area contributed by atoms with E-state index in [-0.39, 0.29) is 37.3 Å². The van der Waals surface area contributed by atoms with Gasteiger partial charge in [0.15, 0.2) is 17.7 Å². The van der Waals surface area contributed by atoms with E-state index in [0.717, 1.165) is 24.6 Å². The molecule has 2 aromatic heterocycles. The number of nitrogens with one attached hydrogen (secondary N) is 1. The number of amides is 1. The number of hydrogen-bond acceptors (Lipinski definition) is 12. The van der Waals surface area contributed by atoms with E-state index in [0.29, 0.717) is 25.8 Å². The number of rotatable bonds is 11. The number of imidazole rings is 1. The zero-order chi connectivity index (χ0) is 41.9. The summed E-state index contributed by atoms with van der Waals surface area (Å²) in [6.07, 6.45) is 5.85. The molecular formula is C42H62FN5O9. The van der Waals surface area contributed by atoms with Crippen LogP contribution in [0, 0.1) is 17.8 Å². The van der Waals surface area contributed by atoms with Crippen LogP contribution in [0.25, 0.3) is 11.3 Å². The van der Waals surface area contributed by atoms with Crippen molar-refractivity contribution >= 4 is 23.6 Å². The molecule has 0 radical (unpaired) electrons. The summed E-state index contributed by atoms with van der Waals surface area (Å²) >= 11 is 0. The molecule has 1 amide bonds. The molecule has 57 heavy (non-hydrogen) atoms. The third-order valence-electron chi connectivity index (χ3n) is 12.5. The highest BCUT2D eigenvalue weighted by Crippen LogP contribution is 2.43. The minimum absolute atomic E-state index is 0.0653. The Balaban J connectivity index is 1.44. The molecule has 12 atom stereocenters. The first-order chi connectivity index (χ1) is 26.9. The molecule has 0 spiro atoms. The predicted molar refractivity (Wildman–Crippen MR) is 209 cm³/mol. The van der Waals surface area contributed by atoms with Gasteiger partial charge in [-0.2, -0.15) is 0 Å². The number of hydrogen-bond donors (Lipinski definition) is 1. The standard InChI is InChI=1S/C42H62FN5O9/c1-11-32-42(8)35(48(39(52)57-42)18-13-12-17-47-23-31(46-24-47)29-15-14-16-45-22-29)27(4)34(49)25(2)21-40(6,53-10)37(28(5)36(50)41(7,43)38(51)55-32)56-33-20-30(44-9)19-26(3)54-33/h14-16,22-28,30,32-33,35,37,44H,11-13,17-21H2,1-10H3/t25-,26-,27+,28+,30+,32-,33+,35-,37-,40-,41+,42-/m1/s1. The SMILES string of the molecule is CC[C@H]1OC(=O)[C@@](C)(F)C(=O)[C@H](C)[C@@H](O[C@H]2C[C@@H](NC)C[C@@H](C)O2)[C@](C)(OC)C[C@@H](C)C(=O)[C@H](C)[C@H]2N(CCCCn3cnc(-c4cccnc4)c3)C(=O)O[C@]12C. The van der Waals surface area contributed by atoms with Crippen LogP contribution >= 0.6 is 0 Å². The van der Waals surface area contributed by atoms with Crippen LogP contribution in [0.2, 0.25) is 0 Å². The maximum atomic E-state index is 16.8. The molecule has 0 unspecified atom stereocenters. The van der Waals surface area contributed by atoms with Crippen molar-refractivity contribution in [3.8, 4) is 11.3 Å². The number of aromatic nitrogens is 3. The van der Waals surface area contributed by atoms with Gasteiger partial charge in [-0.05, 0) is 79.0 Å². The minimum atomic E-state index is -3.10. The van der Waals surface area contributed by atoms with Crippen molar-refractivity contribution in [2.45, 2.75) is 154 Å². The summed E-state index contributed by atoms with van der Waals surface area (Å²) in [6.45, 7) is 13.8. The van der Waals surface area contributed by atoms with E-state index in [1.165, 1.54) is 18.9 Å². The number of Topliss-reactive ketones (excluding diaryl/α,β-unsaturated/α-hetero) is 2. The van der Waals surface area contributed by atoms with Gasteiger partial charge in [0.2, 0.25) is 0 Å². The second kappa shape index (κ2) is 18.0. The summed E-state index contributed by atoms with van der Waals surface area (Å²) in [5, 5.41) is 3.26. The Hall–Kier alpha value is -3.79. The maximum Gasteiger partial charge on any atom is 0.410 e. The number of alkyl halides is 1. The number of pyridine rings is 1. The Labute approximate surface area is 335 Å². The summed E-state index contributed by atoms with van der Waals surface area (Å²) in [5.74, 6) is -5.37. The first-order valence-electron chi connectivity index (χ1n) is 20.3. The van der Waals surface area contributed by atoms with Crippen LogP contribution < -0.4 is 5.32 Å². The molecule has 5 heterocycles. The quantitative estimate of drug-likeness (QED) is 0.168. The second-order valence-corrected chi connectivity index (χ2v) is 16.8. The van der Waals surface area contributed by atoms with Gasteiger partial charge in [0.25, 0.3) is 5.67 Å². The third-order valence-corrected chi connectivity index (χ3v) is 12.5. The van der Waals surface area contributed by atoms with Crippen molar-refractivity contribution in [3.05, 3.63) is 37.1 Å². The van der Waals surface area contributed by atoms with Gasteiger partial charge in [-0.25, -0.2) is 19.0 Å². The minimum Gasteiger partial charge on any atom is -0.455 e. The van der Waals surface area contributed by atoms with Crippen LogP contribution in [0.1, 0.15) is 93.9 Å². The largest absolute Gasteiger partial charge is 0.455 e. The normalized spacial score (nSPS) is 37.0. The van der Waals surface area contributed by atoms with Crippen LogP contribution in [0.15, 0.2) is 37.1 Å². The van der Waals surface area contributed by atoms with Crippen molar-refractivity contribution in [2.75, 3.05) is 20.7 Å². The summed E-state index contributed by atoms with van der Waals surface area (Å²) in [4.78, 5) is 66.7. The molecule has 3 aliphatic rings. The fourth-order valence-electron chi connectivity index (χ4n) is 9.22. The van der Waals surface area contributed by atoms with Gasteiger partial charge in [0.1, 0.15) is 11.9 Å². The molecular weight excluding hydrogens is 737 g/mol. The van der Waals surface area contributed by atoms with Crippen molar-refractivity contribution in [1.82, 2.24) is 24.8 Å². The lowest BCUT2D eigenvalue weighted by atomic mass is 9.73. The number of ether oxygens (including phenoxy) is 5. The summed E-state index contributed by atoms with van der Waals surface area (Å²) < 4.78 is 49.5. The van der Waals surface area contributed by atoms with E-state index >= 15 is 4.39 Å². The smallest absolute Gasteiger partial charge is 0.410 e. The lowest BCUT2D eigenvalue weighted by molar-refractivity contribution is -0.259. The first kappa shape index (κ1) is 44.3. The van der Waals surface area contributed by atoms with E-state index in [2.05, 4.69) is 15.3 Å². The van der Waals surface area contributed by atoms with Crippen LogP contribution in [-0.4, -0.2) is 117 Å². The van der Waals surface area contributed by atoms with E-state index in [4.69, 9.17) is 23.7 Å². The Bertz CT molecular complexity index is 1730. The number of ketones is 2. The van der Waals surface area contributed by atoms with Gasteiger partial charge < -0.3 is 38.5 Å². The predicted octanol–water partition coefficient (Wildman–Crippen LogP) is 5.71. The third kappa shape index (κ3) is 9.26. The molecule has 2 aromatic rings. The number of cyclic esters (lactones) is 1. The molecule has 316 valence electrons. The Morgan fingerprint density at radius 3 is 2.40 bits per heavy atom. The summed E-state index contributed by atoms with van der Waals surface area (Å²) in [7, 11) is 3.31. The number of halogens is 1. The highest BCUT2D eigenvalue weighted by atomic mass is 19.1. The van der Waals surface area contributed by atoms with Crippen LogP contribution in [0.3, 0.4) is 0 Å². The molecule has 15 heteroatoms. The van der Waals surface area contributed by atoms with Crippen LogP contribution in [-0.2, 0) is 44.6 Å². The Morgan fingerprint density at radius 1 is 1.04 bits per heavy atom. The summed E-state index contributed by atoms with van der Waals surface area (Å²) in [5.41, 5.74) is -4.28. The van der Waals surface area contributed by atoms with E-state index in [1.54, 1.807) is 53.3 Å². The van der Waals surface area contributed by atoms with E-state index in [1.807, 2.05) is 36.9 Å². The number of methoxy groups -OCH3 is 1. The molecule has 0 saturated carbocycles. The highest BCUT2D eigenvalue weighted by molar-refractivity contribution is 6.08. The lowest BCUT2D eigenvalue weighted by Gasteiger charge is -2.45. The van der Waals surface area contributed by atoms with Crippen molar-refractivity contribution in [2.24, 2.45) is 17.8 Å². The maximum absolute atomic E-state index is 16.8. The monoisotopic (exact) mass is 799 g/mol. The van der Waals surface area contributed by atoms with Crippen molar-refractivity contribution in [1.29, 1.82) is 0 Å². The van der Waals surface area contributed by atoms with Gasteiger partial charge in [-0.1, -0.05) is 27.7 Å². The number of fused-ring (bicyclic) bond motifs is 1. The summed E-state index contributed by atoms with van der Waals surface area (Å²) in [6, 6.07) is 2.97. The zero-order valence-electron chi connectivity index (χ0n) is 35.2. The topological polar surface area (TPSA) is 160 Å². The molecule has 3 aliphatic heterocycles. The molecule has 0 aliphatic carbocycles. The number of carbonyl (C=O) groups is 4. The fourth-order valence-corrected chi connectivity index (χ4v) is 9.22. The molecule has 5 rings (SSSR count). The molecule has 0 aromatic carbocycles. The van der Waals surface area contributed by atoms with Gasteiger partial charge >= 0.3 is 12.1 Å². The molecule has 3 saturated heterocycles. The van der Waals surface area contributed by atoms with Crippen LogP contribution in [0.4, 0.5) is 9.18 Å². The van der Waals surface area contributed by atoms with E-state index in [9.17, 15) is 19.2 Å². The molecule has 14 nitrogen and oxygen atoms in total. The Morgan fingerprint density at radius 2 is 1.75 bits per heavy atom. The van der Waals surface area contributed by atoms with Crippen molar-refractivity contribution in [3.63, 3.8) is 0 Å². The average molecular weight is 800 g/mol. The fraction of sp³-hybridized carbons (Fsp3) is 0.714. The lowest BCUT2D eigenvalue weighted by Crippen LogP contribution is -2.60. The zero-order valence-corrected chi connectivity index (χ0v) is 35.2. The molecule has 3 fully saturated rings. The Kier molecular flexibility index (Phi) is 14.0. The van der Waals surface area contributed by atoms with Crippen LogP contribution in [0.5, 0.6) is 0 Å². The number of unbranched alkanes of at least 4 members (excludes halogenated alkanes) is 1. The molecule has 1 N–H and O–H groups in total. The van der Waals surface area contributed by atoms with E-state index < -0.39 is 77.0 Å².